The van der Waals surface area contributed by atoms with Crippen LogP contribution in [0.1, 0.15) is 17.0 Å². The van der Waals surface area contributed by atoms with E-state index in [-0.39, 0.29) is 12.2 Å². The van der Waals surface area contributed by atoms with E-state index in [1.54, 1.807) is 13.8 Å². The molecule has 0 unspecified atom stereocenters. The van der Waals surface area contributed by atoms with Crippen LogP contribution in [0.4, 0.5) is 20.2 Å². The van der Waals surface area contributed by atoms with Gasteiger partial charge in [0.2, 0.25) is 5.82 Å². The normalized spacial score (nSPS) is 10.6. The van der Waals surface area contributed by atoms with E-state index in [1.165, 1.54) is 0 Å². The molecule has 8 heteroatoms. The van der Waals surface area contributed by atoms with Crippen molar-refractivity contribution < 1.29 is 18.2 Å². The second-order valence-electron chi connectivity index (χ2n) is 4.20. The zero-order valence-electron chi connectivity index (χ0n) is 10.7. The molecule has 6 nitrogen and oxygen atoms in total. The van der Waals surface area contributed by atoms with Crippen LogP contribution >= 0.6 is 0 Å². The van der Waals surface area contributed by atoms with Gasteiger partial charge in [-0.25, -0.2) is 4.39 Å². The minimum atomic E-state index is -1.21. The number of nitrogens with one attached hydrogen (secondary N) is 1. The second-order valence-corrected chi connectivity index (χ2v) is 4.20. The van der Waals surface area contributed by atoms with Gasteiger partial charge < -0.3 is 9.84 Å². The molecule has 0 atom stereocenters. The lowest BCUT2D eigenvalue weighted by Crippen LogP contribution is -2.05. The highest BCUT2D eigenvalue weighted by atomic mass is 19.1. The van der Waals surface area contributed by atoms with Gasteiger partial charge in [-0.05, 0) is 13.8 Å². The number of nitrogens with zero attached hydrogens (tertiary/aromatic N) is 2. The predicted molar refractivity (Wildman–Crippen MR) is 66.3 cm³/mol. The van der Waals surface area contributed by atoms with E-state index in [4.69, 9.17) is 4.52 Å². The minimum Gasteiger partial charge on any atom is -0.378 e. The van der Waals surface area contributed by atoms with Crippen molar-refractivity contribution in [1.29, 1.82) is 0 Å². The molecule has 0 saturated carbocycles. The number of benzene rings is 1. The lowest BCUT2D eigenvalue weighted by Gasteiger charge is -2.07. The predicted octanol–water partition coefficient (Wildman–Crippen LogP) is 3.09. The van der Waals surface area contributed by atoms with Crippen molar-refractivity contribution in [3.8, 4) is 0 Å². The Labute approximate surface area is 112 Å². The molecular weight excluding hydrogens is 272 g/mol. The van der Waals surface area contributed by atoms with Crippen LogP contribution in [0.2, 0.25) is 0 Å². The van der Waals surface area contributed by atoms with E-state index in [1.807, 2.05) is 0 Å². The van der Waals surface area contributed by atoms with Gasteiger partial charge in [-0.3, -0.25) is 10.1 Å². The molecule has 0 saturated heterocycles. The summed E-state index contributed by atoms with van der Waals surface area (Å²) in [6, 6.07) is 1.30. The number of rotatable bonds is 4. The topological polar surface area (TPSA) is 81.2 Å². The third-order valence-electron chi connectivity index (χ3n) is 2.87. The van der Waals surface area contributed by atoms with Crippen molar-refractivity contribution in [2.45, 2.75) is 20.4 Å². The molecule has 20 heavy (non-hydrogen) atoms. The van der Waals surface area contributed by atoms with E-state index >= 15 is 0 Å². The maximum absolute atomic E-state index is 13.6. The van der Waals surface area contributed by atoms with E-state index in [0.29, 0.717) is 17.5 Å². The molecular formula is C12H11F2N3O3. The molecule has 0 fully saturated rings. The Hall–Kier alpha value is -2.51. The number of hydrogen-bond donors (Lipinski definition) is 1. The van der Waals surface area contributed by atoms with Gasteiger partial charge in [-0.15, -0.1) is 0 Å². The number of nitro benzene ring substituents is 1. The van der Waals surface area contributed by atoms with Crippen LogP contribution in [0.5, 0.6) is 0 Å². The quantitative estimate of drug-likeness (QED) is 0.688. The fourth-order valence-corrected chi connectivity index (χ4v) is 1.75. The summed E-state index contributed by atoms with van der Waals surface area (Å²) in [4.78, 5) is 9.71. The average Bonchev–Trinajstić information content (AvgIpc) is 2.68. The average molecular weight is 283 g/mol. The van der Waals surface area contributed by atoms with Gasteiger partial charge in [0, 0.05) is 24.2 Å². The lowest BCUT2D eigenvalue weighted by atomic mass is 10.2. The summed E-state index contributed by atoms with van der Waals surface area (Å²) >= 11 is 0. The number of hydrogen-bond acceptors (Lipinski definition) is 5. The molecule has 1 heterocycles. The van der Waals surface area contributed by atoms with Crippen molar-refractivity contribution >= 4 is 11.4 Å². The van der Waals surface area contributed by atoms with Crippen LogP contribution in [-0.4, -0.2) is 10.1 Å². The van der Waals surface area contributed by atoms with Crippen LogP contribution < -0.4 is 5.32 Å². The van der Waals surface area contributed by atoms with E-state index in [0.717, 1.165) is 11.6 Å². The Kier molecular flexibility index (Phi) is 3.64. The van der Waals surface area contributed by atoms with Crippen LogP contribution in [0.3, 0.4) is 0 Å². The molecule has 0 aliphatic heterocycles. The molecule has 1 aromatic heterocycles. The molecule has 1 aromatic carbocycles. The Bertz CT molecular complexity index is 651. The summed E-state index contributed by atoms with van der Waals surface area (Å²) in [5, 5.41) is 17.0. The smallest absolute Gasteiger partial charge is 0.307 e. The Balaban J connectivity index is 2.26. The molecule has 1 N–H and O–H groups in total. The standard InChI is InChI=1S/C12H11F2N3O3/c1-6-8(7(2)20-16-6)5-15-11-4-12(17(18)19)10(14)3-9(11)13/h3-4,15H,5H2,1-2H3. The van der Waals surface area contributed by atoms with Crippen LogP contribution in [0.25, 0.3) is 0 Å². The number of anilines is 1. The summed E-state index contributed by atoms with van der Waals surface area (Å²) in [7, 11) is 0. The first kappa shape index (κ1) is 13.9. The fourth-order valence-electron chi connectivity index (χ4n) is 1.75. The van der Waals surface area contributed by atoms with Gasteiger partial charge in [0.25, 0.3) is 0 Å². The zero-order valence-corrected chi connectivity index (χ0v) is 10.7. The van der Waals surface area contributed by atoms with Gasteiger partial charge >= 0.3 is 5.69 Å². The minimum absolute atomic E-state index is 0.155. The maximum atomic E-state index is 13.6. The molecule has 2 aromatic rings. The fraction of sp³-hybridized carbons (Fsp3) is 0.250. The highest BCUT2D eigenvalue weighted by Gasteiger charge is 2.19. The van der Waals surface area contributed by atoms with Gasteiger partial charge in [0.05, 0.1) is 16.3 Å². The van der Waals surface area contributed by atoms with Crippen molar-refractivity contribution in [1.82, 2.24) is 5.16 Å². The number of aromatic nitrogens is 1. The van der Waals surface area contributed by atoms with E-state index in [9.17, 15) is 18.9 Å². The number of aryl methyl sites for hydroxylation is 2. The Morgan fingerprint density at radius 3 is 2.60 bits per heavy atom. The third kappa shape index (κ3) is 2.58. The van der Waals surface area contributed by atoms with Gasteiger partial charge in [0.1, 0.15) is 11.6 Å². The Morgan fingerprint density at radius 2 is 2.05 bits per heavy atom. The number of halogens is 2. The first-order valence-corrected chi connectivity index (χ1v) is 5.69. The summed E-state index contributed by atoms with van der Waals surface area (Å²) in [6.45, 7) is 3.58. The maximum Gasteiger partial charge on any atom is 0.307 e. The van der Waals surface area contributed by atoms with Crippen LogP contribution in [0.15, 0.2) is 16.7 Å². The first-order valence-electron chi connectivity index (χ1n) is 5.69. The summed E-state index contributed by atoms with van der Waals surface area (Å²) in [5.41, 5.74) is 0.411. The molecule has 2 rings (SSSR count). The zero-order chi connectivity index (χ0) is 14.9. The summed E-state index contributed by atoms with van der Waals surface area (Å²) < 4.78 is 31.7. The van der Waals surface area contributed by atoms with Crippen LogP contribution in [0, 0.1) is 35.6 Å². The van der Waals surface area contributed by atoms with Gasteiger partial charge in [0.15, 0.2) is 0 Å². The number of nitro groups is 1. The van der Waals surface area contributed by atoms with Crippen molar-refractivity contribution in [2.75, 3.05) is 5.32 Å². The highest BCUT2D eigenvalue weighted by Crippen LogP contribution is 2.26. The van der Waals surface area contributed by atoms with E-state index < -0.39 is 22.2 Å². The van der Waals surface area contributed by atoms with Gasteiger partial charge in [-0.2, -0.15) is 4.39 Å². The molecule has 0 aliphatic carbocycles. The first-order chi connectivity index (χ1) is 9.40. The van der Waals surface area contributed by atoms with E-state index in [2.05, 4.69) is 10.5 Å². The third-order valence-corrected chi connectivity index (χ3v) is 2.87. The van der Waals surface area contributed by atoms with Gasteiger partial charge in [-0.1, -0.05) is 5.16 Å². The van der Waals surface area contributed by atoms with Crippen molar-refractivity contribution in [3.63, 3.8) is 0 Å². The summed E-state index contributed by atoms with van der Waals surface area (Å²) in [5.74, 6) is -1.55. The molecule has 0 radical (unpaired) electrons. The molecule has 0 amide bonds. The monoisotopic (exact) mass is 283 g/mol. The van der Waals surface area contributed by atoms with Crippen molar-refractivity contribution in [3.05, 3.63) is 50.9 Å². The molecule has 0 aliphatic rings. The lowest BCUT2D eigenvalue weighted by molar-refractivity contribution is -0.387. The highest BCUT2D eigenvalue weighted by molar-refractivity contribution is 5.53. The molecule has 106 valence electrons. The second kappa shape index (κ2) is 5.24. The van der Waals surface area contributed by atoms with Crippen LogP contribution in [-0.2, 0) is 6.54 Å². The Morgan fingerprint density at radius 1 is 1.35 bits per heavy atom. The molecule has 0 spiro atoms. The SMILES string of the molecule is Cc1noc(C)c1CNc1cc([N+](=O)[O-])c(F)cc1F. The molecule has 0 bridgehead atoms. The van der Waals surface area contributed by atoms with Crippen molar-refractivity contribution in [2.24, 2.45) is 0 Å². The summed E-state index contributed by atoms with van der Waals surface area (Å²) in [6.07, 6.45) is 0. The largest absolute Gasteiger partial charge is 0.378 e.